The van der Waals surface area contributed by atoms with Crippen LogP contribution >= 0.6 is 0 Å². The standard InChI is InChI=1S/C38H34N4O2/c1-24(2)27-17-25(3)38(26(4)18-27)28-22-40-41(23-28)29-9-8-10-31(19-29)44-32-13-14-34-33-11-6-7-12-35(33)42(36(34)20-32)37-21-30(43-5)15-16-39-37/h6-24H,1-5H3. The van der Waals surface area contributed by atoms with E-state index >= 15 is 0 Å². The van der Waals surface area contributed by atoms with Crippen LogP contribution in [0.5, 0.6) is 17.2 Å². The first-order valence-electron chi connectivity index (χ1n) is 14.9. The van der Waals surface area contributed by atoms with E-state index in [0.717, 1.165) is 56.1 Å². The summed E-state index contributed by atoms with van der Waals surface area (Å²) in [6, 6.07) is 31.0. The fourth-order valence-electron chi connectivity index (χ4n) is 6.11. The fraction of sp³-hybridized carbons (Fsp3) is 0.158. The summed E-state index contributed by atoms with van der Waals surface area (Å²) in [4.78, 5) is 4.67. The minimum absolute atomic E-state index is 0.495. The molecule has 0 radical (unpaired) electrons. The van der Waals surface area contributed by atoms with Gasteiger partial charge in [-0.2, -0.15) is 5.10 Å². The molecule has 218 valence electrons. The van der Waals surface area contributed by atoms with Crippen LogP contribution in [0.2, 0.25) is 0 Å². The molecule has 6 heteroatoms. The molecular formula is C38H34N4O2. The first kappa shape index (κ1) is 27.5. The molecule has 7 rings (SSSR count). The number of ether oxygens (including phenoxy) is 2. The maximum atomic E-state index is 6.45. The molecule has 0 bridgehead atoms. The number of rotatable bonds is 7. The Bertz CT molecular complexity index is 2130. The maximum absolute atomic E-state index is 6.45. The number of methoxy groups -OCH3 is 1. The van der Waals surface area contributed by atoms with Crippen molar-refractivity contribution < 1.29 is 9.47 Å². The zero-order valence-electron chi connectivity index (χ0n) is 25.6. The first-order chi connectivity index (χ1) is 21.4. The SMILES string of the molecule is COc1ccnc(-n2c3ccccc3c3ccc(Oc4cccc(-n5cc(-c6c(C)cc(C(C)C)cc6C)cn5)c4)cc32)c1. The lowest BCUT2D eigenvalue weighted by atomic mass is 9.91. The third kappa shape index (κ3) is 4.88. The van der Waals surface area contributed by atoms with Gasteiger partial charge in [0.2, 0.25) is 0 Å². The summed E-state index contributed by atoms with van der Waals surface area (Å²) < 4.78 is 16.0. The average Bonchev–Trinajstić information content (AvgIpc) is 3.64. The monoisotopic (exact) mass is 578 g/mol. The van der Waals surface area contributed by atoms with Gasteiger partial charge in [-0.25, -0.2) is 9.67 Å². The Morgan fingerprint density at radius 1 is 0.727 bits per heavy atom. The van der Waals surface area contributed by atoms with Crippen molar-refractivity contribution in [1.82, 2.24) is 19.3 Å². The predicted octanol–water partition coefficient (Wildman–Crippen LogP) is 9.57. The molecule has 3 heterocycles. The molecule has 0 N–H and O–H groups in total. The molecule has 0 saturated carbocycles. The Kier molecular flexibility index (Phi) is 6.90. The van der Waals surface area contributed by atoms with E-state index in [4.69, 9.17) is 14.6 Å². The number of hydrogen-bond acceptors (Lipinski definition) is 4. The van der Waals surface area contributed by atoms with Gasteiger partial charge in [0.15, 0.2) is 0 Å². The number of aryl methyl sites for hydroxylation is 2. The van der Waals surface area contributed by atoms with Crippen LogP contribution in [0.4, 0.5) is 0 Å². The largest absolute Gasteiger partial charge is 0.497 e. The molecule has 0 amide bonds. The highest BCUT2D eigenvalue weighted by molar-refractivity contribution is 6.09. The minimum Gasteiger partial charge on any atom is -0.497 e. The van der Waals surface area contributed by atoms with Gasteiger partial charge in [0.05, 0.1) is 30.0 Å². The molecule has 4 aromatic carbocycles. The molecule has 0 spiro atoms. The van der Waals surface area contributed by atoms with Gasteiger partial charge in [-0.15, -0.1) is 0 Å². The second-order valence-electron chi connectivity index (χ2n) is 11.5. The van der Waals surface area contributed by atoms with Crippen LogP contribution in [0.25, 0.3) is 44.4 Å². The summed E-state index contributed by atoms with van der Waals surface area (Å²) in [6.07, 6.45) is 5.80. The summed E-state index contributed by atoms with van der Waals surface area (Å²) in [6.45, 7) is 8.83. The number of aromatic nitrogens is 4. The Morgan fingerprint density at radius 2 is 1.50 bits per heavy atom. The average molecular weight is 579 g/mol. The molecule has 44 heavy (non-hydrogen) atoms. The molecule has 0 saturated heterocycles. The second-order valence-corrected chi connectivity index (χ2v) is 11.5. The third-order valence-electron chi connectivity index (χ3n) is 8.24. The van der Waals surface area contributed by atoms with Crippen molar-refractivity contribution in [2.24, 2.45) is 0 Å². The van der Waals surface area contributed by atoms with Crippen LogP contribution in [0.15, 0.2) is 110 Å². The molecule has 7 aromatic rings. The van der Waals surface area contributed by atoms with Crippen LogP contribution in [-0.2, 0) is 0 Å². The van der Waals surface area contributed by atoms with Crippen molar-refractivity contribution in [3.05, 3.63) is 126 Å². The second kappa shape index (κ2) is 11.0. The number of benzene rings is 4. The van der Waals surface area contributed by atoms with Crippen molar-refractivity contribution in [2.45, 2.75) is 33.6 Å². The van der Waals surface area contributed by atoms with Gasteiger partial charge in [-0.3, -0.25) is 4.57 Å². The van der Waals surface area contributed by atoms with Gasteiger partial charge in [-0.05, 0) is 78.4 Å². The molecular weight excluding hydrogens is 544 g/mol. The Morgan fingerprint density at radius 3 is 2.30 bits per heavy atom. The Hall–Kier alpha value is -5.36. The van der Waals surface area contributed by atoms with Crippen LogP contribution in [-0.4, -0.2) is 26.4 Å². The Balaban J connectivity index is 1.23. The number of pyridine rings is 1. The van der Waals surface area contributed by atoms with Crippen LogP contribution in [0.1, 0.15) is 36.5 Å². The van der Waals surface area contributed by atoms with Gasteiger partial charge in [0, 0.05) is 46.9 Å². The van der Waals surface area contributed by atoms with Crippen molar-refractivity contribution >= 4 is 21.8 Å². The zero-order valence-corrected chi connectivity index (χ0v) is 25.6. The smallest absolute Gasteiger partial charge is 0.141 e. The lowest BCUT2D eigenvalue weighted by Crippen LogP contribution is -1.98. The van der Waals surface area contributed by atoms with Gasteiger partial charge >= 0.3 is 0 Å². The Labute approximate surface area is 257 Å². The van der Waals surface area contributed by atoms with E-state index < -0.39 is 0 Å². The van der Waals surface area contributed by atoms with E-state index in [1.54, 1.807) is 13.3 Å². The summed E-state index contributed by atoms with van der Waals surface area (Å²) in [5, 5.41) is 7.00. The predicted molar refractivity (Wildman–Crippen MR) is 178 cm³/mol. The van der Waals surface area contributed by atoms with Gasteiger partial charge in [0.1, 0.15) is 23.1 Å². The van der Waals surface area contributed by atoms with Crippen LogP contribution in [0.3, 0.4) is 0 Å². The molecule has 0 aliphatic rings. The summed E-state index contributed by atoms with van der Waals surface area (Å²) in [7, 11) is 1.67. The van der Waals surface area contributed by atoms with Gasteiger partial charge < -0.3 is 9.47 Å². The number of nitrogens with zero attached hydrogens (tertiary/aromatic N) is 4. The van der Waals surface area contributed by atoms with Crippen molar-refractivity contribution in [2.75, 3.05) is 7.11 Å². The number of fused-ring (bicyclic) bond motifs is 3. The van der Waals surface area contributed by atoms with Gasteiger partial charge in [-0.1, -0.05) is 50.2 Å². The molecule has 0 unspecified atom stereocenters. The highest BCUT2D eigenvalue weighted by Gasteiger charge is 2.16. The highest BCUT2D eigenvalue weighted by Crippen LogP contribution is 2.36. The van der Waals surface area contributed by atoms with E-state index in [1.807, 2.05) is 59.4 Å². The lowest BCUT2D eigenvalue weighted by molar-refractivity contribution is 0.414. The van der Waals surface area contributed by atoms with E-state index in [-0.39, 0.29) is 0 Å². The van der Waals surface area contributed by atoms with E-state index in [0.29, 0.717) is 5.92 Å². The molecule has 0 aliphatic heterocycles. The molecule has 0 fully saturated rings. The van der Waals surface area contributed by atoms with Crippen molar-refractivity contribution in [1.29, 1.82) is 0 Å². The zero-order chi connectivity index (χ0) is 30.4. The lowest BCUT2D eigenvalue weighted by Gasteiger charge is -2.13. The van der Waals surface area contributed by atoms with Crippen molar-refractivity contribution in [3.63, 3.8) is 0 Å². The summed E-state index contributed by atoms with van der Waals surface area (Å²) in [5.41, 5.74) is 9.24. The molecule has 0 aliphatic carbocycles. The molecule has 3 aromatic heterocycles. The third-order valence-corrected chi connectivity index (χ3v) is 8.24. The first-order valence-corrected chi connectivity index (χ1v) is 14.9. The summed E-state index contributed by atoms with van der Waals surface area (Å²) >= 11 is 0. The van der Waals surface area contributed by atoms with Crippen LogP contribution < -0.4 is 9.47 Å². The normalized spacial score (nSPS) is 11.5. The maximum Gasteiger partial charge on any atom is 0.141 e. The van der Waals surface area contributed by atoms with E-state index in [9.17, 15) is 0 Å². The number of para-hydroxylation sites is 1. The summed E-state index contributed by atoms with van der Waals surface area (Å²) in [5.74, 6) is 3.50. The van der Waals surface area contributed by atoms with E-state index in [2.05, 4.69) is 85.9 Å². The molecule has 6 nitrogen and oxygen atoms in total. The minimum atomic E-state index is 0.495. The van der Waals surface area contributed by atoms with Gasteiger partial charge in [0.25, 0.3) is 0 Å². The molecule has 0 atom stereocenters. The topological polar surface area (TPSA) is 54.1 Å². The van der Waals surface area contributed by atoms with Crippen molar-refractivity contribution in [3.8, 4) is 39.9 Å². The highest BCUT2D eigenvalue weighted by atomic mass is 16.5. The fourth-order valence-corrected chi connectivity index (χ4v) is 6.11. The van der Waals surface area contributed by atoms with E-state index in [1.165, 1.54) is 22.3 Å². The number of hydrogen-bond donors (Lipinski definition) is 0. The van der Waals surface area contributed by atoms with Crippen LogP contribution in [0, 0.1) is 13.8 Å². The quantitative estimate of drug-likeness (QED) is 0.189.